The van der Waals surface area contributed by atoms with Crippen LogP contribution >= 0.6 is 0 Å². The normalized spacial score (nSPS) is 11.8. The van der Waals surface area contributed by atoms with Gasteiger partial charge in [0.2, 0.25) is 20.9 Å². The number of sulfone groups is 1. The minimum absolute atomic E-state index is 0.00982. The van der Waals surface area contributed by atoms with Crippen molar-refractivity contribution < 1.29 is 21.7 Å². The Kier molecular flexibility index (Phi) is 3.64. The molecule has 3 aromatic rings. The van der Waals surface area contributed by atoms with Crippen molar-refractivity contribution >= 4 is 9.84 Å². The molecule has 0 saturated heterocycles. The molecule has 0 spiro atoms. The number of aromatic nitrogens is 5. The van der Waals surface area contributed by atoms with Gasteiger partial charge in [0.1, 0.15) is 17.4 Å². The zero-order valence-corrected chi connectivity index (χ0v) is 12.4. The van der Waals surface area contributed by atoms with Crippen molar-refractivity contribution in [1.29, 1.82) is 0 Å². The highest BCUT2D eigenvalue weighted by Crippen LogP contribution is 2.20. The summed E-state index contributed by atoms with van der Waals surface area (Å²) in [7, 11) is -3.91. The van der Waals surface area contributed by atoms with Crippen LogP contribution in [0.3, 0.4) is 0 Å². The lowest BCUT2D eigenvalue weighted by atomic mass is 10.2. The summed E-state index contributed by atoms with van der Waals surface area (Å²) in [6.45, 7) is 1.52. The number of aryl methyl sites for hydroxylation is 1. The van der Waals surface area contributed by atoms with Crippen molar-refractivity contribution in [3.05, 3.63) is 41.5 Å². The molecule has 0 aliphatic heterocycles. The third-order valence-corrected chi connectivity index (χ3v) is 4.18. The largest absolute Gasteiger partial charge is 0.340 e. The van der Waals surface area contributed by atoms with Gasteiger partial charge in [-0.05, 0) is 12.1 Å². The van der Waals surface area contributed by atoms with Crippen LogP contribution in [0.2, 0.25) is 0 Å². The number of hydrogen-bond donors (Lipinski definition) is 1. The maximum absolute atomic E-state index is 13.2. The van der Waals surface area contributed by atoms with Gasteiger partial charge in [-0.2, -0.15) is 15.1 Å². The van der Waals surface area contributed by atoms with E-state index >= 15 is 0 Å². The second-order valence-corrected chi connectivity index (χ2v) is 6.52. The van der Waals surface area contributed by atoms with Crippen LogP contribution in [0.5, 0.6) is 0 Å². The van der Waals surface area contributed by atoms with Crippen molar-refractivity contribution in [2.45, 2.75) is 17.8 Å². The molecule has 0 radical (unpaired) electrons. The summed E-state index contributed by atoms with van der Waals surface area (Å²) in [4.78, 5) is 7.55. The lowest BCUT2D eigenvalue weighted by Gasteiger charge is -1.97. The van der Waals surface area contributed by atoms with Crippen LogP contribution in [0.1, 0.15) is 11.7 Å². The lowest BCUT2D eigenvalue weighted by Crippen LogP contribution is -2.08. The van der Waals surface area contributed by atoms with Gasteiger partial charge < -0.3 is 4.52 Å². The second-order valence-electron chi connectivity index (χ2n) is 4.61. The molecule has 3 rings (SSSR count). The summed E-state index contributed by atoms with van der Waals surface area (Å²) in [5.41, 5.74) is 0.00982. The van der Waals surface area contributed by atoms with E-state index in [9.17, 15) is 17.2 Å². The number of rotatable bonds is 4. The molecule has 2 aromatic heterocycles. The second kappa shape index (κ2) is 5.50. The Labute approximate surface area is 128 Å². The topological polar surface area (TPSA) is 115 Å². The van der Waals surface area contributed by atoms with Crippen LogP contribution in [0.4, 0.5) is 8.78 Å². The average Bonchev–Trinajstić information content (AvgIpc) is 3.07. The van der Waals surface area contributed by atoms with Gasteiger partial charge in [-0.1, -0.05) is 5.16 Å². The van der Waals surface area contributed by atoms with E-state index in [1.807, 2.05) is 0 Å². The number of H-pyrrole nitrogens is 1. The molecule has 0 atom stereocenters. The molecule has 0 aliphatic rings. The number of hydrogen-bond acceptors (Lipinski definition) is 7. The van der Waals surface area contributed by atoms with Crippen molar-refractivity contribution in [2.24, 2.45) is 0 Å². The first-order valence-corrected chi connectivity index (χ1v) is 7.89. The van der Waals surface area contributed by atoms with Crippen LogP contribution < -0.4 is 0 Å². The maximum atomic E-state index is 13.2. The van der Waals surface area contributed by atoms with Crippen molar-refractivity contribution in [3.8, 4) is 11.4 Å². The first-order valence-electron chi connectivity index (χ1n) is 6.24. The Morgan fingerprint density at radius 1 is 1.17 bits per heavy atom. The Morgan fingerprint density at radius 3 is 2.48 bits per heavy atom. The molecule has 0 saturated carbocycles. The molecule has 0 aliphatic carbocycles. The van der Waals surface area contributed by atoms with E-state index in [1.54, 1.807) is 0 Å². The smallest absolute Gasteiger partial charge is 0.244 e. The van der Waals surface area contributed by atoms with Crippen molar-refractivity contribution in [1.82, 2.24) is 25.3 Å². The van der Waals surface area contributed by atoms with Gasteiger partial charge >= 0.3 is 0 Å². The SMILES string of the molecule is Cc1nc(CS(=O)(=O)c2nc(-c3cc(F)cc(F)c3)n[nH]2)no1. The van der Waals surface area contributed by atoms with Crippen LogP contribution in [-0.4, -0.2) is 33.7 Å². The van der Waals surface area contributed by atoms with Crippen LogP contribution in [0.15, 0.2) is 27.9 Å². The minimum atomic E-state index is -3.91. The van der Waals surface area contributed by atoms with Gasteiger partial charge in [-0.3, -0.25) is 0 Å². The quantitative estimate of drug-likeness (QED) is 0.763. The zero-order valence-electron chi connectivity index (χ0n) is 11.6. The van der Waals surface area contributed by atoms with E-state index in [-0.39, 0.29) is 23.1 Å². The molecule has 0 bridgehead atoms. The predicted molar refractivity (Wildman–Crippen MR) is 71.7 cm³/mol. The standard InChI is InChI=1S/C12H9F2N5O3S/c1-6-15-10(19-22-6)5-23(20,21)12-16-11(17-18-12)7-2-8(13)4-9(14)3-7/h2-4H,5H2,1H3,(H,16,17,18). The predicted octanol–water partition coefficient (Wildman–Crippen LogP) is 1.42. The summed E-state index contributed by atoms with van der Waals surface area (Å²) in [5, 5.41) is 8.93. The molecular weight excluding hydrogens is 332 g/mol. The molecule has 1 aromatic carbocycles. The Hall–Kier alpha value is -2.69. The first kappa shape index (κ1) is 15.2. The molecule has 8 nitrogen and oxygen atoms in total. The van der Waals surface area contributed by atoms with E-state index in [4.69, 9.17) is 4.52 Å². The Morgan fingerprint density at radius 2 is 1.87 bits per heavy atom. The van der Waals surface area contributed by atoms with Crippen molar-refractivity contribution in [2.75, 3.05) is 0 Å². The summed E-state index contributed by atoms with van der Waals surface area (Å²) >= 11 is 0. The molecule has 0 fully saturated rings. The Bertz CT molecular complexity index is 946. The molecule has 11 heteroatoms. The van der Waals surface area contributed by atoms with E-state index in [1.165, 1.54) is 6.92 Å². The van der Waals surface area contributed by atoms with E-state index in [0.29, 0.717) is 6.07 Å². The third kappa shape index (κ3) is 3.23. The highest BCUT2D eigenvalue weighted by Gasteiger charge is 2.23. The fourth-order valence-corrected chi connectivity index (χ4v) is 2.84. The lowest BCUT2D eigenvalue weighted by molar-refractivity contribution is 0.388. The van der Waals surface area contributed by atoms with Gasteiger partial charge in [0.15, 0.2) is 11.6 Å². The number of nitrogens with zero attached hydrogens (tertiary/aromatic N) is 4. The van der Waals surface area contributed by atoms with Gasteiger partial charge in [-0.15, -0.1) is 0 Å². The summed E-state index contributed by atoms with van der Waals surface area (Å²) in [6, 6.07) is 2.67. The number of halogens is 2. The maximum Gasteiger partial charge on any atom is 0.244 e. The van der Waals surface area contributed by atoms with Crippen LogP contribution in [0.25, 0.3) is 11.4 Å². The zero-order chi connectivity index (χ0) is 16.6. The van der Waals surface area contributed by atoms with Gasteiger partial charge in [-0.25, -0.2) is 22.3 Å². The van der Waals surface area contributed by atoms with E-state index in [2.05, 4.69) is 25.3 Å². The Balaban J connectivity index is 1.91. The van der Waals surface area contributed by atoms with Gasteiger partial charge in [0, 0.05) is 18.6 Å². The van der Waals surface area contributed by atoms with E-state index < -0.39 is 32.4 Å². The molecule has 2 heterocycles. The monoisotopic (exact) mass is 341 g/mol. The molecule has 23 heavy (non-hydrogen) atoms. The highest BCUT2D eigenvalue weighted by molar-refractivity contribution is 7.90. The van der Waals surface area contributed by atoms with Gasteiger partial charge in [0.05, 0.1) is 0 Å². The van der Waals surface area contributed by atoms with Crippen molar-refractivity contribution in [3.63, 3.8) is 0 Å². The number of nitrogens with one attached hydrogen (secondary N) is 1. The third-order valence-electron chi connectivity index (χ3n) is 2.77. The average molecular weight is 341 g/mol. The van der Waals surface area contributed by atoms with Crippen LogP contribution in [0, 0.1) is 18.6 Å². The molecule has 0 unspecified atom stereocenters. The van der Waals surface area contributed by atoms with E-state index in [0.717, 1.165) is 12.1 Å². The molecular formula is C12H9F2N5O3S. The summed E-state index contributed by atoms with van der Waals surface area (Å²) in [5.74, 6) is -2.14. The molecule has 1 N–H and O–H groups in total. The first-order chi connectivity index (χ1) is 10.8. The highest BCUT2D eigenvalue weighted by atomic mass is 32.2. The summed E-state index contributed by atoms with van der Waals surface area (Å²) < 4.78 is 55.5. The minimum Gasteiger partial charge on any atom is -0.340 e. The fraction of sp³-hybridized carbons (Fsp3) is 0.167. The summed E-state index contributed by atoms with van der Waals surface area (Å²) in [6.07, 6.45) is 0. The molecule has 120 valence electrons. The van der Waals surface area contributed by atoms with Crippen LogP contribution in [-0.2, 0) is 15.6 Å². The number of aromatic amines is 1. The fourth-order valence-electron chi connectivity index (χ4n) is 1.84. The van der Waals surface area contributed by atoms with Gasteiger partial charge in [0.25, 0.3) is 0 Å². The number of benzene rings is 1. The molecule has 0 amide bonds.